The van der Waals surface area contributed by atoms with E-state index < -0.39 is 0 Å². The Bertz CT molecular complexity index is 267. The molecule has 0 bridgehead atoms. The highest BCUT2D eigenvalue weighted by molar-refractivity contribution is 5.00. The lowest BCUT2D eigenvalue weighted by molar-refractivity contribution is -0.891. The summed E-state index contributed by atoms with van der Waals surface area (Å²) in [4.78, 5) is 0. The number of aromatic nitrogens is 3. The third-order valence-electron chi connectivity index (χ3n) is 1.76. The maximum atomic E-state index is 5.68. The molecule has 4 N–H and O–H groups in total. The number of anilines is 2. The summed E-state index contributed by atoms with van der Waals surface area (Å²) in [6.45, 7) is 0. The van der Waals surface area contributed by atoms with Gasteiger partial charge in [0.25, 0.3) is 0 Å². The average Bonchev–Trinajstić information content (AvgIpc) is 1.97. The number of nitrogens with zero attached hydrogens (tertiary/aromatic N) is 3. The van der Waals surface area contributed by atoms with E-state index in [1.54, 1.807) is 13.7 Å². The summed E-state index contributed by atoms with van der Waals surface area (Å²) >= 11 is 0. The van der Waals surface area contributed by atoms with Gasteiger partial charge in [-0.2, -0.15) is 5.73 Å². The zero-order valence-corrected chi connectivity index (χ0v) is 7.07. The summed E-state index contributed by atoms with van der Waals surface area (Å²) in [6.07, 6.45) is 1.82. The normalized spacial score (nSPS) is 10.1. The molecule has 0 aliphatic rings. The molecule has 0 saturated carbocycles. The van der Waals surface area contributed by atoms with Gasteiger partial charge in [-0.1, -0.05) is 9.13 Å². The van der Waals surface area contributed by atoms with Gasteiger partial charge < -0.3 is 5.73 Å². The lowest BCUT2D eigenvalue weighted by Crippen LogP contribution is -2.59. The van der Waals surface area contributed by atoms with E-state index in [-0.39, 0.29) is 0 Å². The van der Waals surface area contributed by atoms with E-state index in [0.29, 0.717) is 11.9 Å². The second kappa shape index (κ2) is 2.34. The SMILES string of the molecule is C[n+]1c[n+](C)c(N)[n+](C)c1N. The van der Waals surface area contributed by atoms with Crippen molar-refractivity contribution >= 4 is 11.9 Å². The van der Waals surface area contributed by atoms with Crippen molar-refractivity contribution in [2.45, 2.75) is 0 Å². The van der Waals surface area contributed by atoms with E-state index in [2.05, 4.69) is 0 Å². The molecule has 1 heterocycles. The van der Waals surface area contributed by atoms with E-state index in [9.17, 15) is 0 Å². The van der Waals surface area contributed by atoms with Crippen molar-refractivity contribution in [3.8, 4) is 0 Å². The molecule has 1 aromatic heterocycles. The zero-order chi connectivity index (χ0) is 8.59. The fourth-order valence-electron chi connectivity index (χ4n) is 0.969. The molecule has 0 spiro atoms. The quantitative estimate of drug-likeness (QED) is 0.402. The highest BCUT2D eigenvalue weighted by atomic mass is 15.3. The van der Waals surface area contributed by atoms with Crippen LogP contribution in [0, 0.1) is 0 Å². The van der Waals surface area contributed by atoms with Crippen molar-refractivity contribution in [3.05, 3.63) is 6.33 Å². The minimum atomic E-state index is 0.626. The first-order chi connectivity index (χ1) is 5.04. The van der Waals surface area contributed by atoms with E-state index in [0.717, 1.165) is 0 Å². The Morgan fingerprint density at radius 1 is 1.00 bits per heavy atom. The van der Waals surface area contributed by atoms with Crippen molar-refractivity contribution < 1.29 is 13.7 Å². The van der Waals surface area contributed by atoms with Gasteiger partial charge in [0.05, 0.1) is 0 Å². The monoisotopic (exact) mass is 156 g/mol. The largest absolute Gasteiger partial charge is 0.573 e. The summed E-state index contributed by atoms with van der Waals surface area (Å²) in [5.41, 5.74) is 11.4. The van der Waals surface area contributed by atoms with Crippen LogP contribution in [0.25, 0.3) is 0 Å². The van der Waals surface area contributed by atoms with Crippen molar-refractivity contribution in [2.75, 3.05) is 11.5 Å². The number of nitrogen functional groups attached to an aromatic ring is 2. The topological polar surface area (TPSA) is 63.7 Å². The van der Waals surface area contributed by atoms with Crippen LogP contribution in [-0.4, -0.2) is 0 Å². The molecule has 0 fully saturated rings. The van der Waals surface area contributed by atoms with Crippen molar-refractivity contribution in [3.63, 3.8) is 0 Å². The Morgan fingerprint density at radius 2 is 1.36 bits per heavy atom. The second-order valence-electron chi connectivity index (χ2n) is 2.61. The average molecular weight is 156 g/mol. The highest BCUT2D eigenvalue weighted by Crippen LogP contribution is 1.80. The first kappa shape index (κ1) is 7.71. The molecule has 0 aromatic carbocycles. The molecular formula is C6H14N5+3. The summed E-state index contributed by atoms with van der Waals surface area (Å²) in [5, 5.41) is 0. The van der Waals surface area contributed by atoms with Gasteiger partial charge in [0, 0.05) is 0 Å². The predicted molar refractivity (Wildman–Crippen MR) is 38.8 cm³/mol. The molecule has 0 aliphatic carbocycles. The molecule has 1 rings (SSSR count). The zero-order valence-electron chi connectivity index (χ0n) is 7.07. The molecule has 5 nitrogen and oxygen atoms in total. The molecule has 0 radical (unpaired) electrons. The molecule has 11 heavy (non-hydrogen) atoms. The maximum Gasteiger partial charge on any atom is 0.573 e. The van der Waals surface area contributed by atoms with E-state index in [4.69, 9.17) is 11.5 Å². The Morgan fingerprint density at radius 3 is 1.73 bits per heavy atom. The number of hydrogen-bond donors (Lipinski definition) is 2. The van der Waals surface area contributed by atoms with Crippen LogP contribution in [-0.2, 0) is 21.1 Å². The molecule has 1 aromatic rings. The minimum Gasteiger partial charge on any atom is -0.309 e. The summed E-state index contributed by atoms with van der Waals surface area (Å²) in [6, 6.07) is 0. The van der Waals surface area contributed by atoms with Crippen molar-refractivity contribution in [2.24, 2.45) is 21.1 Å². The maximum absolute atomic E-state index is 5.68. The molecule has 60 valence electrons. The molecular weight excluding hydrogens is 142 g/mol. The van der Waals surface area contributed by atoms with Crippen LogP contribution in [0.4, 0.5) is 11.9 Å². The third kappa shape index (κ3) is 1.09. The van der Waals surface area contributed by atoms with Gasteiger partial charge in [-0.15, -0.1) is 4.57 Å². The summed E-state index contributed by atoms with van der Waals surface area (Å²) in [7, 11) is 5.56. The molecule has 5 heteroatoms. The van der Waals surface area contributed by atoms with Crippen molar-refractivity contribution in [1.29, 1.82) is 0 Å². The Balaban J connectivity index is 3.46. The fraction of sp³-hybridized carbons (Fsp3) is 0.500. The predicted octanol–water partition coefficient (Wildman–Crippen LogP) is -2.68. The van der Waals surface area contributed by atoms with Crippen LogP contribution < -0.4 is 25.2 Å². The van der Waals surface area contributed by atoms with Crippen LogP contribution >= 0.6 is 0 Å². The van der Waals surface area contributed by atoms with Gasteiger partial charge in [-0.3, -0.25) is 0 Å². The molecule has 0 aliphatic heterocycles. The smallest absolute Gasteiger partial charge is 0.309 e. The van der Waals surface area contributed by atoms with Gasteiger partial charge >= 0.3 is 18.2 Å². The summed E-state index contributed by atoms with van der Waals surface area (Å²) in [5.74, 6) is 1.25. The van der Waals surface area contributed by atoms with E-state index in [1.165, 1.54) is 0 Å². The number of nitrogens with two attached hydrogens (primary N) is 2. The molecule has 0 unspecified atom stereocenters. The van der Waals surface area contributed by atoms with Gasteiger partial charge in [0.2, 0.25) is 0 Å². The third-order valence-corrected chi connectivity index (χ3v) is 1.76. The lowest BCUT2D eigenvalue weighted by atomic mass is 10.7. The standard InChI is InChI=1S/C6H12N5/c1-9-4-10(2)6(8)11(3)5(9)7/h4,7-8H,1-3H3/q+1/p+2. The fourth-order valence-corrected chi connectivity index (χ4v) is 0.969. The Kier molecular flexibility index (Phi) is 1.64. The lowest BCUT2D eigenvalue weighted by Gasteiger charge is -1.94. The van der Waals surface area contributed by atoms with Crippen LogP contribution in [0.3, 0.4) is 0 Å². The summed E-state index contributed by atoms with van der Waals surface area (Å²) < 4.78 is 5.33. The van der Waals surface area contributed by atoms with Gasteiger partial charge in [-0.25, -0.2) is 0 Å². The van der Waals surface area contributed by atoms with E-state index in [1.807, 2.05) is 27.5 Å². The number of hydrogen-bond acceptors (Lipinski definition) is 2. The first-order valence-electron chi connectivity index (χ1n) is 3.33. The highest BCUT2D eigenvalue weighted by Gasteiger charge is 2.23. The van der Waals surface area contributed by atoms with Crippen LogP contribution in [0.5, 0.6) is 0 Å². The number of rotatable bonds is 0. The first-order valence-corrected chi connectivity index (χ1v) is 3.33. The van der Waals surface area contributed by atoms with Gasteiger partial charge in [-0.05, 0) is 0 Å². The minimum absolute atomic E-state index is 0.626. The van der Waals surface area contributed by atoms with E-state index >= 15 is 0 Å². The molecule has 0 atom stereocenters. The van der Waals surface area contributed by atoms with Crippen LogP contribution in [0.15, 0.2) is 6.33 Å². The number of aryl methyl sites for hydroxylation is 2. The van der Waals surface area contributed by atoms with Gasteiger partial charge in [0.15, 0.2) is 0 Å². The Hall–Kier alpha value is -1.39. The molecule has 0 amide bonds. The second-order valence-corrected chi connectivity index (χ2v) is 2.61. The Labute approximate surface area is 65.5 Å². The van der Waals surface area contributed by atoms with Crippen LogP contribution in [0.2, 0.25) is 0 Å². The van der Waals surface area contributed by atoms with Crippen LogP contribution in [0.1, 0.15) is 0 Å². The molecule has 0 saturated heterocycles. The van der Waals surface area contributed by atoms with Crippen molar-refractivity contribution in [1.82, 2.24) is 0 Å². The van der Waals surface area contributed by atoms with Gasteiger partial charge in [0.1, 0.15) is 21.1 Å².